The third-order valence-corrected chi connectivity index (χ3v) is 10.5. The first-order valence-corrected chi connectivity index (χ1v) is 15.1. The van der Waals surface area contributed by atoms with Crippen LogP contribution >= 0.6 is 0 Å². The Labute approximate surface area is 213 Å². The summed E-state index contributed by atoms with van der Waals surface area (Å²) in [5.41, 5.74) is 3.98. The van der Waals surface area contributed by atoms with E-state index in [0.29, 0.717) is 24.2 Å². The van der Waals surface area contributed by atoms with E-state index in [0.717, 1.165) is 41.3 Å². The molecule has 1 aromatic heterocycles. The fraction of sp³-hybridized carbons (Fsp3) is 0.286. The molecule has 0 saturated carbocycles. The summed E-state index contributed by atoms with van der Waals surface area (Å²) in [6.45, 7) is 4.36. The maximum absolute atomic E-state index is 13.9. The highest BCUT2D eigenvalue weighted by Gasteiger charge is 2.31. The van der Waals surface area contributed by atoms with Crippen LogP contribution in [0.1, 0.15) is 41.6 Å². The van der Waals surface area contributed by atoms with E-state index in [1.807, 2.05) is 32.0 Å². The summed E-state index contributed by atoms with van der Waals surface area (Å²) in [4.78, 5) is 0.477. The molecule has 1 aliphatic rings. The molecule has 0 fully saturated rings. The highest BCUT2D eigenvalue weighted by atomic mass is 32.2. The lowest BCUT2D eigenvalue weighted by molar-refractivity contribution is 0.398. The number of nitrogens with zero attached hydrogens (tertiary/aromatic N) is 2. The van der Waals surface area contributed by atoms with Crippen LogP contribution < -0.4 is 0 Å². The van der Waals surface area contributed by atoms with Crippen molar-refractivity contribution >= 4 is 30.9 Å². The van der Waals surface area contributed by atoms with E-state index in [1.165, 1.54) is 8.28 Å². The van der Waals surface area contributed by atoms with Crippen LogP contribution in [0.4, 0.5) is 0 Å². The van der Waals surface area contributed by atoms with Gasteiger partial charge in [-0.05, 0) is 69.0 Å². The molecule has 0 amide bonds. The van der Waals surface area contributed by atoms with Crippen LogP contribution in [-0.4, -0.2) is 31.7 Å². The maximum Gasteiger partial charge on any atom is 0.268 e. The predicted octanol–water partition coefficient (Wildman–Crippen LogP) is 5.41. The lowest BCUT2D eigenvalue weighted by Crippen LogP contribution is -2.31. The second kappa shape index (κ2) is 9.50. The maximum atomic E-state index is 13.9. The molecule has 2 heterocycles. The largest absolute Gasteiger partial charge is 0.268 e. The molecule has 188 valence electrons. The molecular weight excluding hydrogens is 492 g/mol. The van der Waals surface area contributed by atoms with Gasteiger partial charge in [-0.3, -0.25) is 0 Å². The Morgan fingerprint density at radius 1 is 0.667 bits per heavy atom. The third-order valence-electron chi connectivity index (χ3n) is 6.91. The summed E-state index contributed by atoms with van der Waals surface area (Å²) in [6, 6.07) is 21.1. The van der Waals surface area contributed by atoms with Crippen molar-refractivity contribution in [3.8, 4) is 0 Å². The zero-order chi connectivity index (χ0) is 25.5. The lowest BCUT2D eigenvalue weighted by atomic mass is 10.1. The van der Waals surface area contributed by atoms with E-state index < -0.39 is 20.0 Å². The van der Waals surface area contributed by atoms with Crippen molar-refractivity contribution in [2.75, 3.05) is 6.54 Å². The fourth-order valence-corrected chi connectivity index (χ4v) is 7.97. The normalized spacial score (nSPS) is 15.7. The van der Waals surface area contributed by atoms with Gasteiger partial charge in [-0.2, -0.15) is 4.31 Å². The Balaban J connectivity index is 1.69. The van der Waals surface area contributed by atoms with E-state index in [9.17, 15) is 16.8 Å². The molecule has 36 heavy (non-hydrogen) atoms. The topological polar surface area (TPSA) is 76.5 Å². The van der Waals surface area contributed by atoms with E-state index in [2.05, 4.69) is 0 Å². The van der Waals surface area contributed by atoms with Crippen molar-refractivity contribution in [1.29, 1.82) is 0 Å². The fourth-order valence-electron chi connectivity index (χ4n) is 4.93. The Morgan fingerprint density at radius 3 is 1.89 bits per heavy atom. The number of rotatable bonds is 4. The number of para-hydroxylation sites is 1. The average molecular weight is 523 g/mol. The van der Waals surface area contributed by atoms with Gasteiger partial charge in [0.15, 0.2) is 0 Å². The minimum atomic E-state index is -3.88. The number of aromatic nitrogens is 1. The van der Waals surface area contributed by atoms with Crippen LogP contribution in [0.5, 0.6) is 0 Å². The number of aryl methyl sites for hydroxylation is 2. The predicted molar refractivity (Wildman–Crippen MR) is 142 cm³/mol. The van der Waals surface area contributed by atoms with Crippen LogP contribution in [0, 0.1) is 13.8 Å². The Kier molecular flexibility index (Phi) is 6.53. The highest BCUT2D eigenvalue weighted by molar-refractivity contribution is 7.90. The first-order chi connectivity index (χ1) is 17.2. The van der Waals surface area contributed by atoms with Crippen molar-refractivity contribution in [3.63, 3.8) is 0 Å². The molecule has 0 atom stereocenters. The quantitative estimate of drug-likeness (QED) is 0.359. The zero-order valence-electron chi connectivity index (χ0n) is 20.5. The van der Waals surface area contributed by atoms with Gasteiger partial charge >= 0.3 is 0 Å². The van der Waals surface area contributed by atoms with Gasteiger partial charge in [0, 0.05) is 24.2 Å². The molecule has 8 heteroatoms. The molecule has 0 aliphatic carbocycles. The van der Waals surface area contributed by atoms with Crippen LogP contribution in [0.3, 0.4) is 0 Å². The lowest BCUT2D eigenvalue weighted by Gasteiger charge is -2.22. The van der Waals surface area contributed by atoms with E-state index in [-0.39, 0.29) is 16.3 Å². The van der Waals surface area contributed by atoms with E-state index >= 15 is 0 Å². The molecule has 5 rings (SSSR count). The molecule has 3 aromatic carbocycles. The third kappa shape index (κ3) is 4.38. The van der Waals surface area contributed by atoms with Gasteiger partial charge in [0.05, 0.1) is 15.3 Å². The van der Waals surface area contributed by atoms with Gasteiger partial charge < -0.3 is 0 Å². The number of hydrogen-bond donors (Lipinski definition) is 0. The van der Waals surface area contributed by atoms with Crippen molar-refractivity contribution < 1.29 is 16.8 Å². The molecule has 0 spiro atoms. The van der Waals surface area contributed by atoms with Crippen molar-refractivity contribution in [2.45, 2.75) is 55.9 Å². The summed E-state index contributed by atoms with van der Waals surface area (Å²) in [5, 5.41) is 0.772. The molecular formula is C28H30N2O4S2. The monoisotopic (exact) mass is 522 g/mol. The average Bonchev–Trinajstić information content (AvgIpc) is 3.21. The van der Waals surface area contributed by atoms with Crippen molar-refractivity contribution in [2.24, 2.45) is 0 Å². The second-order valence-electron chi connectivity index (χ2n) is 9.49. The first kappa shape index (κ1) is 24.7. The Hall–Kier alpha value is -2.94. The standard InChI is InChI=1S/C28H30N2O4S2/c1-21-11-15-23(16-12-21)35(31,32)29-19-7-3-4-9-28-26(20-29)25-8-5-6-10-27(25)30(28)36(33,34)24-17-13-22(2)14-18-24/h5-6,8,10-18H,3-4,7,9,19-20H2,1-2H3. The summed E-state index contributed by atoms with van der Waals surface area (Å²) in [5.74, 6) is 0. The summed E-state index contributed by atoms with van der Waals surface area (Å²) in [7, 11) is -7.64. The van der Waals surface area contributed by atoms with Crippen LogP contribution in [-0.2, 0) is 33.0 Å². The summed E-state index contributed by atoms with van der Waals surface area (Å²) >= 11 is 0. The Bertz CT molecular complexity index is 1620. The minimum absolute atomic E-state index is 0.127. The van der Waals surface area contributed by atoms with Crippen LogP contribution in [0.15, 0.2) is 82.6 Å². The smallest absolute Gasteiger partial charge is 0.238 e. The number of fused-ring (bicyclic) bond motifs is 3. The van der Waals surface area contributed by atoms with Crippen molar-refractivity contribution in [1.82, 2.24) is 8.28 Å². The minimum Gasteiger partial charge on any atom is -0.238 e. The van der Waals surface area contributed by atoms with E-state index in [1.54, 1.807) is 54.6 Å². The molecule has 0 unspecified atom stereocenters. The molecule has 4 aromatic rings. The number of hydrogen-bond acceptors (Lipinski definition) is 4. The molecule has 0 radical (unpaired) electrons. The molecule has 0 N–H and O–H groups in total. The van der Waals surface area contributed by atoms with Crippen molar-refractivity contribution in [3.05, 3.63) is 95.2 Å². The highest BCUT2D eigenvalue weighted by Crippen LogP contribution is 2.34. The Morgan fingerprint density at radius 2 is 1.25 bits per heavy atom. The second-order valence-corrected chi connectivity index (χ2v) is 13.2. The van der Waals surface area contributed by atoms with Gasteiger partial charge in [0.2, 0.25) is 10.0 Å². The van der Waals surface area contributed by atoms with Gasteiger partial charge in [-0.15, -0.1) is 0 Å². The first-order valence-electron chi connectivity index (χ1n) is 12.2. The molecule has 0 saturated heterocycles. The molecule has 0 bridgehead atoms. The van der Waals surface area contributed by atoms with Gasteiger partial charge in [0.25, 0.3) is 10.0 Å². The van der Waals surface area contributed by atoms with Gasteiger partial charge in [-0.1, -0.05) is 60.0 Å². The van der Waals surface area contributed by atoms with Gasteiger partial charge in [0.1, 0.15) is 0 Å². The molecule has 6 nitrogen and oxygen atoms in total. The zero-order valence-corrected chi connectivity index (χ0v) is 22.1. The summed E-state index contributed by atoms with van der Waals surface area (Å²) < 4.78 is 58.2. The van der Waals surface area contributed by atoms with Gasteiger partial charge in [-0.25, -0.2) is 20.8 Å². The SMILES string of the molecule is Cc1ccc(S(=O)(=O)N2CCCCCc3c(c4ccccc4n3S(=O)(=O)c3ccc(C)cc3)C2)cc1. The summed E-state index contributed by atoms with van der Waals surface area (Å²) in [6.07, 6.45) is 2.88. The number of benzene rings is 3. The van der Waals surface area contributed by atoms with Crippen LogP contribution in [0.2, 0.25) is 0 Å². The molecule has 1 aliphatic heterocycles. The van der Waals surface area contributed by atoms with E-state index in [4.69, 9.17) is 0 Å². The van der Waals surface area contributed by atoms with Crippen LogP contribution in [0.25, 0.3) is 10.9 Å². The number of sulfonamides is 1.